The molecule has 3 saturated carbocycles. The van der Waals surface area contributed by atoms with Crippen LogP contribution >= 0.6 is 0 Å². The Balaban J connectivity index is 1.27. The van der Waals surface area contributed by atoms with Crippen molar-refractivity contribution in [1.82, 2.24) is 4.90 Å². The van der Waals surface area contributed by atoms with Gasteiger partial charge < -0.3 is 9.84 Å². The highest BCUT2D eigenvalue weighted by Gasteiger charge is 2.66. The van der Waals surface area contributed by atoms with Crippen LogP contribution in [0, 0.1) is 33.0 Å². The van der Waals surface area contributed by atoms with Gasteiger partial charge in [0.15, 0.2) is 5.76 Å². The number of aliphatic hydroxyl groups excluding tert-OH is 1. The number of hydrogen-bond donors (Lipinski definition) is 1. The van der Waals surface area contributed by atoms with Crippen LogP contribution < -0.4 is 0 Å². The fraction of sp³-hybridized carbons (Fsp3) is 0.722. The summed E-state index contributed by atoms with van der Waals surface area (Å²) in [6.07, 6.45) is 17.7. The van der Waals surface area contributed by atoms with Gasteiger partial charge in [-0.2, -0.15) is 0 Å². The van der Waals surface area contributed by atoms with Gasteiger partial charge in [-0.25, -0.2) is 0 Å². The van der Waals surface area contributed by atoms with E-state index in [1.54, 1.807) is 6.08 Å². The first-order valence-corrected chi connectivity index (χ1v) is 16.2. The number of nitrogens with zero attached hydrogens (tertiary/aromatic N) is 1. The number of rotatable bonds is 4. The van der Waals surface area contributed by atoms with Crippen molar-refractivity contribution in [2.24, 2.45) is 33.0 Å². The van der Waals surface area contributed by atoms with Crippen LogP contribution in [0.2, 0.25) is 0 Å². The third kappa shape index (κ3) is 4.34. The Kier molecular flexibility index (Phi) is 6.84. The van der Waals surface area contributed by atoms with Gasteiger partial charge in [0.05, 0.1) is 13.2 Å². The second-order valence-corrected chi connectivity index (χ2v) is 15.9. The first kappa shape index (κ1) is 29.0. The second-order valence-electron chi connectivity index (χ2n) is 15.9. The number of piperidine rings is 1. The maximum atomic E-state index is 12.8. The summed E-state index contributed by atoms with van der Waals surface area (Å²) in [6, 6.07) is 0. The highest BCUT2D eigenvalue weighted by molar-refractivity contribution is 6.06. The van der Waals surface area contributed by atoms with Crippen molar-refractivity contribution < 1.29 is 19.4 Å². The lowest BCUT2D eigenvalue weighted by molar-refractivity contribution is -0.173. The third-order valence-electron chi connectivity index (χ3n) is 13.3. The SMILES string of the molecule is CC1=C(O)C(=O)C=C2C1=CC=C1[C@@]2(C)CC[C@@]2(C)[C@@H]3C[C@](C)(COC(=O)CN4CCCCC4)CC[C@]3(C)CC[C@]12C. The van der Waals surface area contributed by atoms with E-state index in [1.807, 2.05) is 6.92 Å². The molecule has 4 fully saturated rings. The Morgan fingerprint density at radius 2 is 1.68 bits per heavy atom. The zero-order chi connectivity index (χ0) is 29.4. The molecule has 0 unspecified atom stereocenters. The summed E-state index contributed by atoms with van der Waals surface area (Å²) >= 11 is 0. The van der Waals surface area contributed by atoms with Crippen molar-refractivity contribution in [3.63, 3.8) is 0 Å². The van der Waals surface area contributed by atoms with Crippen molar-refractivity contribution in [3.05, 3.63) is 46.3 Å². The van der Waals surface area contributed by atoms with Gasteiger partial charge in [-0.15, -0.1) is 0 Å². The van der Waals surface area contributed by atoms with Gasteiger partial charge in [-0.05, 0) is 117 Å². The van der Waals surface area contributed by atoms with Crippen LogP contribution in [0.15, 0.2) is 46.3 Å². The van der Waals surface area contributed by atoms with Gasteiger partial charge >= 0.3 is 5.97 Å². The molecule has 1 N–H and O–H groups in total. The van der Waals surface area contributed by atoms with Gasteiger partial charge in [0.25, 0.3) is 0 Å². The summed E-state index contributed by atoms with van der Waals surface area (Å²) in [5, 5.41) is 10.4. The normalized spacial score (nSPS) is 42.6. The Bertz CT molecular complexity index is 1280. The number of carbonyl (C=O) groups excluding carboxylic acids is 2. The maximum Gasteiger partial charge on any atom is 0.320 e. The number of carbonyl (C=O) groups is 2. The van der Waals surface area contributed by atoms with Crippen LogP contribution in [0.3, 0.4) is 0 Å². The van der Waals surface area contributed by atoms with Crippen molar-refractivity contribution in [2.45, 2.75) is 106 Å². The minimum absolute atomic E-state index is 0.00445. The average Bonchev–Trinajstić information content (AvgIpc) is 2.94. The topological polar surface area (TPSA) is 66.8 Å². The molecular weight excluding hydrogens is 510 g/mol. The Hall–Kier alpha value is -2.14. The summed E-state index contributed by atoms with van der Waals surface area (Å²) in [7, 11) is 0. The Labute approximate surface area is 247 Å². The molecule has 1 saturated heterocycles. The standard InChI is InChI=1S/C36H51NO4/c1-24-25-10-11-28-34(4,26(25)20-27(38)31(24)40)15-17-36(6)29-21-32(2,12-13-33(29,3)14-16-35(28,36)5)23-41-30(39)22-37-18-8-7-9-19-37/h10-11,20,29,40H,7-9,12-19,21-23H2,1-6H3/t29-,32-,33-,34+,35-,36+/m1/s1. The number of ketones is 1. The van der Waals surface area contributed by atoms with Gasteiger partial charge in [0, 0.05) is 16.4 Å². The van der Waals surface area contributed by atoms with Crippen LogP contribution in [-0.2, 0) is 14.3 Å². The fourth-order valence-corrected chi connectivity index (χ4v) is 10.3. The number of ether oxygens (including phenoxy) is 1. The maximum absolute atomic E-state index is 12.8. The van der Waals surface area contributed by atoms with Gasteiger partial charge in [0.2, 0.25) is 5.78 Å². The van der Waals surface area contributed by atoms with Crippen LogP contribution in [0.1, 0.15) is 106 Å². The molecule has 41 heavy (non-hydrogen) atoms. The molecule has 224 valence electrons. The van der Waals surface area contributed by atoms with E-state index in [1.165, 1.54) is 37.7 Å². The molecule has 0 amide bonds. The minimum Gasteiger partial charge on any atom is -0.504 e. The molecule has 6 rings (SSSR count). The lowest BCUT2D eigenvalue weighted by atomic mass is 9.34. The lowest BCUT2D eigenvalue weighted by Gasteiger charge is -2.70. The van der Waals surface area contributed by atoms with E-state index in [4.69, 9.17) is 4.74 Å². The van der Waals surface area contributed by atoms with E-state index in [2.05, 4.69) is 51.7 Å². The van der Waals surface area contributed by atoms with E-state index >= 15 is 0 Å². The molecule has 0 aromatic rings. The van der Waals surface area contributed by atoms with Crippen molar-refractivity contribution in [3.8, 4) is 0 Å². The van der Waals surface area contributed by atoms with Crippen LogP contribution in [0.5, 0.6) is 0 Å². The molecule has 6 aliphatic rings. The molecule has 5 aliphatic carbocycles. The predicted molar refractivity (Wildman–Crippen MR) is 162 cm³/mol. The third-order valence-corrected chi connectivity index (χ3v) is 13.3. The first-order chi connectivity index (χ1) is 19.2. The zero-order valence-corrected chi connectivity index (χ0v) is 26.3. The van der Waals surface area contributed by atoms with E-state index in [0.717, 1.165) is 56.3 Å². The van der Waals surface area contributed by atoms with E-state index < -0.39 is 0 Å². The van der Waals surface area contributed by atoms with E-state index in [-0.39, 0.29) is 39.2 Å². The highest BCUT2D eigenvalue weighted by atomic mass is 16.5. The van der Waals surface area contributed by atoms with E-state index in [0.29, 0.717) is 30.1 Å². The smallest absolute Gasteiger partial charge is 0.320 e. The monoisotopic (exact) mass is 561 g/mol. The number of allylic oxidation sites excluding steroid dienone is 7. The number of hydrogen-bond acceptors (Lipinski definition) is 5. The summed E-state index contributed by atoms with van der Waals surface area (Å²) in [6.45, 7) is 17.1. The number of esters is 1. The molecule has 0 aromatic heterocycles. The summed E-state index contributed by atoms with van der Waals surface area (Å²) < 4.78 is 6.02. The Morgan fingerprint density at radius 1 is 0.976 bits per heavy atom. The van der Waals surface area contributed by atoms with Crippen LogP contribution in [-0.4, -0.2) is 48.0 Å². The molecular formula is C36H51NO4. The second kappa shape index (κ2) is 9.69. The lowest BCUT2D eigenvalue weighted by Crippen LogP contribution is -2.62. The molecule has 0 aromatic carbocycles. The molecule has 5 nitrogen and oxygen atoms in total. The molecule has 1 aliphatic heterocycles. The number of fused-ring (bicyclic) bond motifs is 7. The summed E-state index contributed by atoms with van der Waals surface area (Å²) in [5.74, 6) is 0.107. The summed E-state index contributed by atoms with van der Waals surface area (Å²) in [4.78, 5) is 27.8. The van der Waals surface area contributed by atoms with Crippen LogP contribution in [0.4, 0.5) is 0 Å². The average molecular weight is 562 g/mol. The van der Waals surface area contributed by atoms with Gasteiger partial charge in [-0.1, -0.05) is 58.8 Å². The zero-order valence-electron chi connectivity index (χ0n) is 26.3. The molecule has 0 spiro atoms. The molecule has 5 heteroatoms. The largest absolute Gasteiger partial charge is 0.504 e. The van der Waals surface area contributed by atoms with Gasteiger partial charge in [0.1, 0.15) is 0 Å². The number of likely N-dealkylation sites (tertiary alicyclic amines) is 1. The molecule has 0 radical (unpaired) electrons. The Morgan fingerprint density at radius 3 is 2.41 bits per heavy atom. The van der Waals surface area contributed by atoms with Crippen molar-refractivity contribution in [1.29, 1.82) is 0 Å². The van der Waals surface area contributed by atoms with Crippen molar-refractivity contribution >= 4 is 11.8 Å². The van der Waals surface area contributed by atoms with Crippen molar-refractivity contribution in [2.75, 3.05) is 26.2 Å². The molecule has 0 bridgehead atoms. The first-order valence-electron chi connectivity index (χ1n) is 16.2. The van der Waals surface area contributed by atoms with Crippen LogP contribution in [0.25, 0.3) is 0 Å². The molecule has 6 atom stereocenters. The van der Waals surface area contributed by atoms with E-state index in [9.17, 15) is 14.7 Å². The highest BCUT2D eigenvalue weighted by Crippen LogP contribution is 2.75. The molecule has 1 heterocycles. The minimum atomic E-state index is -0.260. The predicted octanol–water partition coefficient (Wildman–Crippen LogP) is 7.64. The number of aliphatic hydroxyl groups is 1. The van der Waals surface area contributed by atoms with Gasteiger partial charge in [-0.3, -0.25) is 14.5 Å². The summed E-state index contributed by atoms with van der Waals surface area (Å²) in [5.41, 5.74) is 4.51. The quantitative estimate of drug-likeness (QED) is 0.357. The fourth-order valence-electron chi connectivity index (χ4n) is 10.3.